The summed E-state index contributed by atoms with van der Waals surface area (Å²) in [5, 5.41) is 7.60. The third-order valence-corrected chi connectivity index (χ3v) is 3.42. The highest BCUT2D eigenvalue weighted by Crippen LogP contribution is 2.16. The Morgan fingerprint density at radius 2 is 1.88 bits per heavy atom. The topological polar surface area (TPSA) is 99.8 Å². The van der Waals surface area contributed by atoms with Crippen molar-refractivity contribution in [3.8, 4) is 5.75 Å². The average molecular weight is 350 g/mol. The fraction of sp³-hybridized carbons (Fsp3) is 0.471. The zero-order chi connectivity index (χ0) is 18.8. The SMILES string of the molecule is CC[C@@H](C)NC(=O)NC(=O)CN(C)CC(=O)Nc1cccc(OC)c1. The van der Waals surface area contributed by atoms with E-state index in [0.29, 0.717) is 11.4 Å². The average Bonchev–Trinajstić information content (AvgIpc) is 2.53. The second-order valence-electron chi connectivity index (χ2n) is 5.78. The standard InChI is InChI=1S/C17H26N4O4/c1-5-12(2)18-17(24)20-16(23)11-21(3)10-15(22)19-13-7-6-8-14(9-13)25-4/h6-9,12H,5,10-11H2,1-4H3,(H,19,22)(H2,18,20,23,24)/t12-/m1/s1. The summed E-state index contributed by atoms with van der Waals surface area (Å²) in [5.41, 5.74) is 0.607. The molecule has 0 aliphatic rings. The van der Waals surface area contributed by atoms with Gasteiger partial charge in [0.15, 0.2) is 0 Å². The Labute approximate surface area is 147 Å². The number of carbonyl (C=O) groups excluding carboxylic acids is 3. The predicted molar refractivity (Wildman–Crippen MR) is 95.5 cm³/mol. The number of rotatable bonds is 8. The molecule has 0 fully saturated rings. The first-order valence-corrected chi connectivity index (χ1v) is 8.06. The smallest absolute Gasteiger partial charge is 0.321 e. The van der Waals surface area contributed by atoms with E-state index in [1.54, 1.807) is 38.4 Å². The summed E-state index contributed by atoms with van der Waals surface area (Å²) < 4.78 is 5.09. The van der Waals surface area contributed by atoms with Crippen molar-refractivity contribution >= 4 is 23.5 Å². The van der Waals surface area contributed by atoms with Crippen LogP contribution in [-0.2, 0) is 9.59 Å². The minimum atomic E-state index is -0.534. The molecular formula is C17H26N4O4. The maximum atomic E-state index is 12.0. The highest BCUT2D eigenvalue weighted by molar-refractivity contribution is 5.96. The van der Waals surface area contributed by atoms with E-state index in [9.17, 15) is 14.4 Å². The lowest BCUT2D eigenvalue weighted by molar-refractivity contribution is -0.122. The molecule has 0 bridgehead atoms. The van der Waals surface area contributed by atoms with E-state index < -0.39 is 11.9 Å². The zero-order valence-corrected chi connectivity index (χ0v) is 15.1. The summed E-state index contributed by atoms with van der Waals surface area (Å²) in [6.45, 7) is 3.72. The summed E-state index contributed by atoms with van der Waals surface area (Å²) in [6.07, 6.45) is 0.770. The van der Waals surface area contributed by atoms with Crippen LogP contribution in [0.25, 0.3) is 0 Å². The molecule has 4 amide bonds. The van der Waals surface area contributed by atoms with Crippen molar-refractivity contribution < 1.29 is 19.1 Å². The first kappa shape index (κ1) is 20.4. The molecular weight excluding hydrogens is 324 g/mol. The van der Waals surface area contributed by atoms with Crippen LogP contribution in [0.1, 0.15) is 20.3 Å². The first-order chi connectivity index (χ1) is 11.8. The largest absolute Gasteiger partial charge is 0.497 e. The van der Waals surface area contributed by atoms with Crippen LogP contribution in [0, 0.1) is 0 Å². The minimum absolute atomic E-state index is 0.0115. The van der Waals surface area contributed by atoms with Crippen LogP contribution in [0.3, 0.4) is 0 Å². The molecule has 1 aromatic carbocycles. The quantitative estimate of drug-likeness (QED) is 0.654. The number of methoxy groups -OCH3 is 1. The van der Waals surface area contributed by atoms with Crippen LogP contribution in [0.2, 0.25) is 0 Å². The van der Waals surface area contributed by atoms with E-state index in [0.717, 1.165) is 6.42 Å². The van der Waals surface area contributed by atoms with Gasteiger partial charge in [0.1, 0.15) is 5.75 Å². The number of benzene rings is 1. The predicted octanol–water partition coefficient (Wildman–Crippen LogP) is 1.19. The highest BCUT2D eigenvalue weighted by Gasteiger charge is 2.14. The lowest BCUT2D eigenvalue weighted by Gasteiger charge is -2.17. The lowest BCUT2D eigenvalue weighted by Crippen LogP contribution is -2.47. The van der Waals surface area contributed by atoms with Crippen LogP contribution in [0.15, 0.2) is 24.3 Å². The molecule has 0 saturated heterocycles. The molecule has 0 heterocycles. The van der Waals surface area contributed by atoms with E-state index >= 15 is 0 Å². The summed E-state index contributed by atoms with van der Waals surface area (Å²) in [4.78, 5) is 36.9. The van der Waals surface area contributed by atoms with Crippen LogP contribution in [0.5, 0.6) is 5.75 Å². The third kappa shape index (κ3) is 8.16. The summed E-state index contributed by atoms with van der Waals surface area (Å²) in [7, 11) is 3.17. The van der Waals surface area contributed by atoms with Gasteiger partial charge in [-0.2, -0.15) is 0 Å². The molecule has 8 heteroatoms. The number of anilines is 1. The Bertz CT molecular complexity index is 606. The number of likely N-dealkylation sites (N-methyl/N-ethyl adjacent to an activating group) is 1. The fourth-order valence-electron chi connectivity index (χ4n) is 1.98. The maximum absolute atomic E-state index is 12.0. The molecule has 0 saturated carbocycles. The number of hydrogen-bond donors (Lipinski definition) is 3. The van der Waals surface area contributed by atoms with Crippen LogP contribution >= 0.6 is 0 Å². The number of urea groups is 1. The molecule has 1 aromatic rings. The van der Waals surface area contributed by atoms with Crippen LogP contribution < -0.4 is 20.7 Å². The van der Waals surface area contributed by atoms with Gasteiger partial charge in [0, 0.05) is 17.8 Å². The number of hydrogen-bond acceptors (Lipinski definition) is 5. The molecule has 8 nitrogen and oxygen atoms in total. The molecule has 0 aromatic heterocycles. The molecule has 25 heavy (non-hydrogen) atoms. The number of imide groups is 1. The molecule has 0 aliphatic heterocycles. The van der Waals surface area contributed by atoms with Gasteiger partial charge >= 0.3 is 6.03 Å². The summed E-state index contributed by atoms with van der Waals surface area (Å²) in [5.74, 6) is -0.108. The van der Waals surface area contributed by atoms with Gasteiger partial charge < -0.3 is 15.4 Å². The third-order valence-electron chi connectivity index (χ3n) is 3.42. The second-order valence-corrected chi connectivity index (χ2v) is 5.78. The number of nitrogens with zero attached hydrogens (tertiary/aromatic N) is 1. The van der Waals surface area contributed by atoms with Crippen LogP contribution in [0.4, 0.5) is 10.5 Å². The number of ether oxygens (including phenoxy) is 1. The van der Waals surface area contributed by atoms with Crippen molar-refractivity contribution in [1.82, 2.24) is 15.5 Å². The number of amides is 4. The van der Waals surface area contributed by atoms with Crippen LogP contribution in [-0.4, -0.2) is 56.0 Å². The molecule has 0 aliphatic carbocycles. The van der Waals surface area contributed by atoms with Crippen molar-refractivity contribution in [3.63, 3.8) is 0 Å². The normalized spacial score (nSPS) is 11.6. The van der Waals surface area contributed by atoms with E-state index in [1.165, 1.54) is 4.90 Å². The Morgan fingerprint density at radius 1 is 1.20 bits per heavy atom. The fourth-order valence-corrected chi connectivity index (χ4v) is 1.98. The zero-order valence-electron chi connectivity index (χ0n) is 15.1. The Balaban J connectivity index is 2.39. The maximum Gasteiger partial charge on any atom is 0.321 e. The van der Waals surface area contributed by atoms with Crippen molar-refractivity contribution in [2.75, 3.05) is 32.6 Å². The molecule has 0 radical (unpaired) electrons. The molecule has 0 unspecified atom stereocenters. The van der Waals surface area contributed by atoms with Gasteiger partial charge in [-0.1, -0.05) is 13.0 Å². The highest BCUT2D eigenvalue weighted by atomic mass is 16.5. The van der Waals surface area contributed by atoms with E-state index in [4.69, 9.17) is 4.74 Å². The first-order valence-electron chi connectivity index (χ1n) is 8.06. The summed E-state index contributed by atoms with van der Waals surface area (Å²) in [6, 6.07) is 6.43. The lowest BCUT2D eigenvalue weighted by atomic mass is 10.3. The molecule has 0 spiro atoms. The van der Waals surface area contributed by atoms with Gasteiger partial charge in [-0.05, 0) is 32.5 Å². The van der Waals surface area contributed by atoms with Gasteiger partial charge in [0.25, 0.3) is 0 Å². The summed E-state index contributed by atoms with van der Waals surface area (Å²) >= 11 is 0. The monoisotopic (exact) mass is 350 g/mol. The molecule has 1 atom stereocenters. The second kappa shape index (κ2) is 10.3. The number of carbonyl (C=O) groups is 3. The molecule has 1 rings (SSSR count). The van der Waals surface area contributed by atoms with Gasteiger partial charge in [0.2, 0.25) is 11.8 Å². The Hall–Kier alpha value is -2.61. The van der Waals surface area contributed by atoms with E-state index in [2.05, 4.69) is 16.0 Å². The van der Waals surface area contributed by atoms with Crippen molar-refractivity contribution in [3.05, 3.63) is 24.3 Å². The van der Waals surface area contributed by atoms with E-state index in [-0.39, 0.29) is 25.0 Å². The van der Waals surface area contributed by atoms with Gasteiger partial charge in [-0.15, -0.1) is 0 Å². The van der Waals surface area contributed by atoms with Crippen molar-refractivity contribution in [2.24, 2.45) is 0 Å². The van der Waals surface area contributed by atoms with Gasteiger partial charge in [0.05, 0.1) is 20.2 Å². The van der Waals surface area contributed by atoms with Crippen molar-refractivity contribution in [1.29, 1.82) is 0 Å². The molecule has 3 N–H and O–H groups in total. The molecule has 138 valence electrons. The van der Waals surface area contributed by atoms with Gasteiger partial charge in [-0.25, -0.2) is 4.79 Å². The Morgan fingerprint density at radius 3 is 2.52 bits per heavy atom. The number of nitrogens with one attached hydrogen (secondary N) is 3. The van der Waals surface area contributed by atoms with Crippen molar-refractivity contribution in [2.45, 2.75) is 26.3 Å². The Kier molecular flexibility index (Phi) is 8.42. The minimum Gasteiger partial charge on any atom is -0.497 e. The van der Waals surface area contributed by atoms with E-state index in [1.807, 2.05) is 13.8 Å². The van der Waals surface area contributed by atoms with Gasteiger partial charge in [-0.3, -0.25) is 19.8 Å².